The van der Waals surface area contributed by atoms with Crippen molar-refractivity contribution < 1.29 is 22.7 Å². The molecule has 4 nitrogen and oxygen atoms in total. The van der Waals surface area contributed by atoms with Crippen molar-refractivity contribution in [3.05, 3.63) is 29.6 Å². The van der Waals surface area contributed by atoms with E-state index < -0.39 is 31.9 Å². The molecule has 0 heterocycles. The Bertz CT molecular complexity index is 616. The predicted octanol–water partition coefficient (Wildman–Crippen LogP) is 2.13. The van der Waals surface area contributed by atoms with Crippen LogP contribution in [-0.2, 0) is 20.0 Å². The second kappa shape index (κ2) is 4.59. The van der Waals surface area contributed by atoms with Gasteiger partial charge in [0.05, 0.1) is 5.41 Å². The van der Waals surface area contributed by atoms with Crippen LogP contribution in [0.4, 0.5) is 4.39 Å². The maximum atomic E-state index is 13.6. The number of sulfone groups is 1. The van der Waals surface area contributed by atoms with Crippen LogP contribution in [0.2, 0.25) is 0 Å². The predicted molar refractivity (Wildman–Crippen MR) is 67.3 cm³/mol. The second-order valence-electron chi connectivity index (χ2n) is 5.01. The molecule has 0 saturated heterocycles. The molecule has 2 rings (SSSR count). The molecule has 0 radical (unpaired) electrons. The van der Waals surface area contributed by atoms with E-state index in [1.165, 1.54) is 12.1 Å². The molecule has 104 valence electrons. The first-order valence-electron chi connectivity index (χ1n) is 6.01. The van der Waals surface area contributed by atoms with Crippen molar-refractivity contribution in [3.8, 4) is 0 Å². The molecule has 0 atom stereocenters. The third-order valence-electron chi connectivity index (χ3n) is 3.75. The number of hydrogen-bond donors (Lipinski definition) is 1. The topological polar surface area (TPSA) is 71.4 Å². The highest BCUT2D eigenvalue weighted by molar-refractivity contribution is 7.90. The number of carbonyl (C=O) groups is 1. The first-order chi connectivity index (χ1) is 8.77. The lowest BCUT2D eigenvalue weighted by Crippen LogP contribution is -2.32. The third-order valence-corrected chi connectivity index (χ3v) is 4.86. The summed E-state index contributed by atoms with van der Waals surface area (Å²) >= 11 is 0. The van der Waals surface area contributed by atoms with E-state index >= 15 is 0 Å². The molecule has 1 fully saturated rings. The molecule has 0 unspecified atom stereocenters. The maximum Gasteiger partial charge on any atom is 0.314 e. The first kappa shape index (κ1) is 14.0. The van der Waals surface area contributed by atoms with E-state index in [0.29, 0.717) is 18.4 Å². The van der Waals surface area contributed by atoms with Crippen molar-refractivity contribution in [1.29, 1.82) is 0 Å². The minimum Gasteiger partial charge on any atom is -0.481 e. The Morgan fingerprint density at radius 1 is 1.32 bits per heavy atom. The van der Waals surface area contributed by atoms with Crippen LogP contribution in [0.3, 0.4) is 0 Å². The molecule has 1 aliphatic rings. The van der Waals surface area contributed by atoms with Gasteiger partial charge >= 0.3 is 5.97 Å². The third kappa shape index (κ3) is 2.36. The standard InChI is InChI=1S/C13H15FO4S/c1-19(17,18)11-8-9(4-5-10(11)14)13(12(15)16)6-2-3-7-13/h4-5,8H,2-3,6-7H2,1H3,(H,15,16). The SMILES string of the molecule is CS(=O)(=O)c1cc(C2(C(=O)O)CCCC2)ccc1F. The van der Waals surface area contributed by atoms with E-state index in [9.17, 15) is 22.7 Å². The number of benzene rings is 1. The Hall–Kier alpha value is -1.43. The molecular weight excluding hydrogens is 271 g/mol. The van der Waals surface area contributed by atoms with Gasteiger partial charge in [-0.3, -0.25) is 4.79 Å². The van der Waals surface area contributed by atoms with Crippen LogP contribution < -0.4 is 0 Å². The number of carboxylic acid groups (broad SMARTS) is 1. The molecule has 19 heavy (non-hydrogen) atoms. The molecule has 0 aliphatic heterocycles. The minimum absolute atomic E-state index is 0.374. The van der Waals surface area contributed by atoms with Crippen LogP contribution in [0.1, 0.15) is 31.2 Å². The molecule has 0 bridgehead atoms. The zero-order valence-electron chi connectivity index (χ0n) is 10.5. The fourth-order valence-electron chi connectivity index (χ4n) is 2.69. The van der Waals surface area contributed by atoms with Crippen LogP contribution >= 0.6 is 0 Å². The molecule has 0 spiro atoms. The summed E-state index contributed by atoms with van der Waals surface area (Å²) in [6, 6.07) is 3.59. The Kier molecular flexibility index (Phi) is 3.38. The lowest BCUT2D eigenvalue weighted by molar-refractivity contribution is -0.143. The lowest BCUT2D eigenvalue weighted by Gasteiger charge is -2.24. The summed E-state index contributed by atoms with van der Waals surface area (Å²) in [6.07, 6.45) is 3.38. The van der Waals surface area contributed by atoms with Crippen LogP contribution in [0.5, 0.6) is 0 Å². The van der Waals surface area contributed by atoms with E-state index in [1.54, 1.807) is 0 Å². The Morgan fingerprint density at radius 3 is 2.37 bits per heavy atom. The average molecular weight is 286 g/mol. The van der Waals surface area contributed by atoms with Crippen molar-refractivity contribution >= 4 is 15.8 Å². The molecule has 1 aliphatic carbocycles. The summed E-state index contributed by atoms with van der Waals surface area (Å²) in [5, 5.41) is 9.44. The summed E-state index contributed by atoms with van der Waals surface area (Å²) in [5.41, 5.74) is -0.702. The second-order valence-corrected chi connectivity index (χ2v) is 7.00. The van der Waals surface area contributed by atoms with Gasteiger partial charge in [0, 0.05) is 6.26 Å². The molecule has 1 aromatic rings. The van der Waals surface area contributed by atoms with E-state index in [1.807, 2.05) is 0 Å². The molecule has 6 heteroatoms. The van der Waals surface area contributed by atoms with Gasteiger partial charge in [-0.2, -0.15) is 0 Å². The van der Waals surface area contributed by atoms with Gasteiger partial charge in [0.1, 0.15) is 10.7 Å². The highest BCUT2D eigenvalue weighted by Crippen LogP contribution is 2.42. The van der Waals surface area contributed by atoms with Gasteiger partial charge in [-0.05, 0) is 30.5 Å². The van der Waals surface area contributed by atoms with Gasteiger partial charge < -0.3 is 5.11 Å². The zero-order valence-corrected chi connectivity index (χ0v) is 11.3. The fourth-order valence-corrected chi connectivity index (χ4v) is 3.45. The molecule has 1 N–H and O–H groups in total. The van der Waals surface area contributed by atoms with Gasteiger partial charge in [0.2, 0.25) is 0 Å². The number of carboxylic acids is 1. The van der Waals surface area contributed by atoms with E-state index in [2.05, 4.69) is 0 Å². The normalized spacial score (nSPS) is 18.4. The zero-order chi connectivity index (χ0) is 14.3. The van der Waals surface area contributed by atoms with Gasteiger partial charge in [0.25, 0.3) is 0 Å². The first-order valence-corrected chi connectivity index (χ1v) is 7.90. The van der Waals surface area contributed by atoms with Crippen molar-refractivity contribution in [2.75, 3.05) is 6.26 Å². The Balaban J connectivity index is 2.61. The van der Waals surface area contributed by atoms with E-state index in [-0.39, 0.29) is 0 Å². The number of hydrogen-bond acceptors (Lipinski definition) is 3. The number of rotatable bonds is 3. The van der Waals surface area contributed by atoms with Crippen molar-refractivity contribution in [3.63, 3.8) is 0 Å². The molecule has 0 aromatic heterocycles. The highest BCUT2D eigenvalue weighted by Gasteiger charge is 2.43. The number of halogens is 1. The average Bonchev–Trinajstić information content (AvgIpc) is 2.78. The number of aliphatic carboxylic acids is 1. The highest BCUT2D eigenvalue weighted by atomic mass is 32.2. The Labute approximate surface area is 111 Å². The summed E-state index contributed by atoms with van der Waals surface area (Å²) in [6.45, 7) is 0. The summed E-state index contributed by atoms with van der Waals surface area (Å²) in [5.74, 6) is -1.82. The summed E-state index contributed by atoms with van der Waals surface area (Å²) < 4.78 is 36.6. The van der Waals surface area contributed by atoms with Gasteiger partial charge in [0.15, 0.2) is 9.84 Å². The quantitative estimate of drug-likeness (QED) is 0.924. The van der Waals surface area contributed by atoms with Crippen molar-refractivity contribution in [2.45, 2.75) is 36.0 Å². The van der Waals surface area contributed by atoms with Gasteiger partial charge in [-0.1, -0.05) is 18.9 Å². The van der Waals surface area contributed by atoms with Gasteiger partial charge in [-0.25, -0.2) is 12.8 Å². The van der Waals surface area contributed by atoms with Crippen LogP contribution in [0.15, 0.2) is 23.1 Å². The molecular formula is C13H15FO4S. The lowest BCUT2D eigenvalue weighted by atomic mass is 9.79. The molecule has 1 saturated carbocycles. The fraction of sp³-hybridized carbons (Fsp3) is 0.462. The summed E-state index contributed by atoms with van der Waals surface area (Å²) in [4.78, 5) is 11.1. The largest absolute Gasteiger partial charge is 0.481 e. The van der Waals surface area contributed by atoms with Crippen LogP contribution in [-0.4, -0.2) is 25.7 Å². The summed E-state index contributed by atoms with van der Waals surface area (Å²) in [7, 11) is -3.71. The Morgan fingerprint density at radius 2 is 1.89 bits per heavy atom. The minimum atomic E-state index is -3.71. The monoisotopic (exact) mass is 286 g/mol. The van der Waals surface area contributed by atoms with Crippen molar-refractivity contribution in [1.82, 2.24) is 0 Å². The van der Waals surface area contributed by atoms with Gasteiger partial charge in [-0.15, -0.1) is 0 Å². The molecule has 0 amide bonds. The van der Waals surface area contributed by atoms with E-state index in [4.69, 9.17) is 0 Å². The smallest absolute Gasteiger partial charge is 0.314 e. The van der Waals surface area contributed by atoms with Crippen molar-refractivity contribution in [2.24, 2.45) is 0 Å². The molecule has 1 aromatic carbocycles. The van der Waals surface area contributed by atoms with E-state index in [0.717, 1.165) is 25.2 Å². The maximum absolute atomic E-state index is 13.6. The van der Waals surface area contributed by atoms with Crippen LogP contribution in [0, 0.1) is 5.82 Å². The van der Waals surface area contributed by atoms with Crippen LogP contribution in [0.25, 0.3) is 0 Å².